The average molecular weight is 340 g/mol. The maximum atomic E-state index is 11.6. The molecule has 0 aliphatic carbocycles. The fourth-order valence-electron chi connectivity index (χ4n) is 2.22. The number of hydrogen-bond acceptors (Lipinski definition) is 5. The highest BCUT2D eigenvalue weighted by Crippen LogP contribution is 2.31. The molecule has 0 saturated heterocycles. The molecular weight excluding hydrogens is 324 g/mol. The molecule has 0 aliphatic heterocycles. The molecule has 0 unspecified atom stereocenters. The summed E-state index contributed by atoms with van der Waals surface area (Å²) in [5.74, 6) is -0.847. The first kappa shape index (κ1) is 16.1. The second-order valence-corrected chi connectivity index (χ2v) is 6.43. The summed E-state index contributed by atoms with van der Waals surface area (Å²) in [7, 11) is 0. The fourth-order valence-corrected chi connectivity index (χ4v) is 3.29. The molecule has 1 amide bonds. The molecule has 3 aromatic rings. The lowest BCUT2D eigenvalue weighted by Crippen LogP contribution is -2.19. The zero-order chi connectivity index (χ0) is 17.1. The van der Waals surface area contributed by atoms with Crippen LogP contribution in [0.4, 0.5) is 5.69 Å². The van der Waals surface area contributed by atoms with Gasteiger partial charge < -0.3 is 10.1 Å². The highest BCUT2D eigenvalue weighted by atomic mass is 32.1. The minimum Gasteiger partial charge on any atom is -0.456 e. The van der Waals surface area contributed by atoms with Crippen molar-refractivity contribution in [1.29, 1.82) is 0 Å². The number of aryl methyl sites for hydroxylation is 1. The lowest BCUT2D eigenvalue weighted by molar-refractivity contribution is -0.144. The number of nitrogens with zero attached hydrogens (tertiary/aromatic N) is 1. The van der Waals surface area contributed by atoms with Gasteiger partial charge in [-0.3, -0.25) is 9.59 Å². The predicted octanol–water partition coefficient (Wildman–Crippen LogP) is 3.77. The van der Waals surface area contributed by atoms with E-state index in [2.05, 4.69) is 28.0 Å². The Hall–Kier alpha value is -2.73. The van der Waals surface area contributed by atoms with E-state index in [1.54, 1.807) is 23.5 Å². The molecule has 1 heterocycles. The molecule has 24 heavy (non-hydrogen) atoms. The topological polar surface area (TPSA) is 68.3 Å². The third-order valence-electron chi connectivity index (χ3n) is 3.37. The number of thiazole rings is 1. The number of esters is 1. The van der Waals surface area contributed by atoms with Crippen LogP contribution in [0.5, 0.6) is 0 Å². The minimum absolute atomic E-state index is 0.283. The molecule has 5 nitrogen and oxygen atoms in total. The summed E-state index contributed by atoms with van der Waals surface area (Å²) in [5.41, 5.74) is 3.84. The normalized spacial score (nSPS) is 10.6. The van der Waals surface area contributed by atoms with E-state index < -0.39 is 5.97 Å². The molecule has 0 aliphatic rings. The molecule has 6 heteroatoms. The summed E-state index contributed by atoms with van der Waals surface area (Å²) in [6, 6.07) is 13.6. The van der Waals surface area contributed by atoms with Gasteiger partial charge in [-0.1, -0.05) is 6.07 Å². The second kappa shape index (κ2) is 6.80. The van der Waals surface area contributed by atoms with Gasteiger partial charge >= 0.3 is 5.97 Å². The molecular formula is C18H16N2O3S. The van der Waals surface area contributed by atoms with E-state index in [4.69, 9.17) is 0 Å². The van der Waals surface area contributed by atoms with Gasteiger partial charge in [-0.25, -0.2) is 4.98 Å². The highest BCUT2D eigenvalue weighted by Gasteiger charge is 2.08. The maximum Gasteiger partial charge on any atom is 0.303 e. The molecule has 0 saturated carbocycles. The second-order valence-electron chi connectivity index (χ2n) is 5.40. The van der Waals surface area contributed by atoms with Crippen molar-refractivity contribution in [1.82, 2.24) is 4.98 Å². The molecule has 0 radical (unpaired) electrons. The van der Waals surface area contributed by atoms with E-state index in [-0.39, 0.29) is 12.5 Å². The molecule has 122 valence electrons. The Balaban J connectivity index is 1.73. The molecule has 0 atom stereocenters. The van der Waals surface area contributed by atoms with Gasteiger partial charge in [0.1, 0.15) is 5.01 Å². The van der Waals surface area contributed by atoms with Gasteiger partial charge in [0.25, 0.3) is 5.91 Å². The molecule has 1 aromatic heterocycles. The number of rotatable bonds is 4. The quantitative estimate of drug-likeness (QED) is 0.734. The Morgan fingerprint density at radius 3 is 2.62 bits per heavy atom. The summed E-state index contributed by atoms with van der Waals surface area (Å²) in [5, 5.41) is 3.62. The minimum atomic E-state index is -0.480. The van der Waals surface area contributed by atoms with Crippen molar-refractivity contribution in [2.75, 3.05) is 11.9 Å². The number of ether oxygens (including phenoxy) is 1. The lowest BCUT2D eigenvalue weighted by atomic mass is 10.2. The average Bonchev–Trinajstić information content (AvgIpc) is 2.96. The zero-order valence-electron chi connectivity index (χ0n) is 13.3. The number of nitrogens with one attached hydrogen (secondary N) is 1. The van der Waals surface area contributed by atoms with Gasteiger partial charge in [0.2, 0.25) is 0 Å². The largest absolute Gasteiger partial charge is 0.456 e. The van der Waals surface area contributed by atoms with Crippen molar-refractivity contribution in [3.8, 4) is 10.6 Å². The number of anilines is 1. The Bertz CT molecular complexity index is 900. The zero-order valence-corrected chi connectivity index (χ0v) is 14.1. The van der Waals surface area contributed by atoms with Crippen molar-refractivity contribution in [2.24, 2.45) is 0 Å². The van der Waals surface area contributed by atoms with Gasteiger partial charge in [0.15, 0.2) is 6.61 Å². The van der Waals surface area contributed by atoms with Gasteiger partial charge in [0.05, 0.1) is 10.2 Å². The first-order valence-electron chi connectivity index (χ1n) is 7.42. The van der Waals surface area contributed by atoms with Crippen LogP contribution in [-0.2, 0) is 14.3 Å². The van der Waals surface area contributed by atoms with Crippen molar-refractivity contribution < 1.29 is 14.3 Å². The van der Waals surface area contributed by atoms with Crippen LogP contribution < -0.4 is 5.32 Å². The van der Waals surface area contributed by atoms with Crippen LogP contribution in [0.3, 0.4) is 0 Å². The van der Waals surface area contributed by atoms with Gasteiger partial charge in [-0.15, -0.1) is 11.3 Å². The molecule has 0 spiro atoms. The number of fused-ring (bicyclic) bond motifs is 1. The van der Waals surface area contributed by atoms with Crippen LogP contribution >= 0.6 is 11.3 Å². The number of amides is 1. The van der Waals surface area contributed by atoms with E-state index in [9.17, 15) is 9.59 Å². The summed E-state index contributed by atoms with van der Waals surface area (Å²) in [6.07, 6.45) is 0. The van der Waals surface area contributed by atoms with E-state index in [0.29, 0.717) is 5.69 Å². The lowest BCUT2D eigenvalue weighted by Gasteiger charge is -2.05. The van der Waals surface area contributed by atoms with Crippen LogP contribution in [0, 0.1) is 6.92 Å². The van der Waals surface area contributed by atoms with E-state index in [0.717, 1.165) is 20.8 Å². The fraction of sp³-hybridized carbons (Fsp3) is 0.167. The van der Waals surface area contributed by atoms with E-state index >= 15 is 0 Å². The van der Waals surface area contributed by atoms with E-state index in [1.807, 2.05) is 24.3 Å². The van der Waals surface area contributed by atoms with Crippen molar-refractivity contribution in [3.05, 3.63) is 48.0 Å². The van der Waals surface area contributed by atoms with E-state index in [1.165, 1.54) is 12.5 Å². The molecule has 1 N–H and O–H groups in total. The number of carbonyl (C=O) groups is 2. The number of carbonyl (C=O) groups excluding carboxylic acids is 2. The Labute approximate surface area is 143 Å². The SMILES string of the molecule is CC(=O)OCC(=O)Nc1ccc(-c2nc3ccc(C)cc3s2)cc1. The van der Waals surface area contributed by atoms with Crippen LogP contribution in [0.15, 0.2) is 42.5 Å². The third-order valence-corrected chi connectivity index (χ3v) is 4.43. The smallest absolute Gasteiger partial charge is 0.303 e. The van der Waals surface area contributed by atoms with Crippen LogP contribution in [-0.4, -0.2) is 23.5 Å². The highest BCUT2D eigenvalue weighted by molar-refractivity contribution is 7.21. The molecule has 2 aromatic carbocycles. The van der Waals surface area contributed by atoms with Crippen LogP contribution in [0.1, 0.15) is 12.5 Å². The van der Waals surface area contributed by atoms with Crippen molar-refractivity contribution in [3.63, 3.8) is 0 Å². The Kier molecular flexibility index (Phi) is 4.57. The molecule has 0 fully saturated rings. The summed E-state index contributed by atoms with van der Waals surface area (Å²) >= 11 is 1.64. The van der Waals surface area contributed by atoms with Gasteiger partial charge in [-0.2, -0.15) is 0 Å². The van der Waals surface area contributed by atoms with Crippen LogP contribution in [0.2, 0.25) is 0 Å². The molecule has 0 bridgehead atoms. The third kappa shape index (κ3) is 3.78. The standard InChI is InChI=1S/C18H16N2O3S/c1-11-3-8-15-16(9-11)24-18(20-15)13-4-6-14(7-5-13)19-17(22)10-23-12(2)21/h3-9H,10H2,1-2H3,(H,19,22). The predicted molar refractivity (Wildman–Crippen MR) is 95.1 cm³/mol. The van der Waals surface area contributed by atoms with Gasteiger partial charge in [0, 0.05) is 18.2 Å². The summed E-state index contributed by atoms with van der Waals surface area (Å²) in [6.45, 7) is 3.04. The summed E-state index contributed by atoms with van der Waals surface area (Å²) in [4.78, 5) is 26.9. The van der Waals surface area contributed by atoms with Gasteiger partial charge in [-0.05, 0) is 48.9 Å². The number of hydrogen-bond donors (Lipinski definition) is 1. The first-order chi connectivity index (χ1) is 11.5. The Morgan fingerprint density at radius 2 is 1.92 bits per heavy atom. The molecule has 3 rings (SSSR count). The van der Waals surface area contributed by atoms with Crippen LogP contribution in [0.25, 0.3) is 20.8 Å². The number of benzene rings is 2. The van der Waals surface area contributed by atoms with Crippen molar-refractivity contribution in [2.45, 2.75) is 13.8 Å². The monoisotopic (exact) mass is 340 g/mol. The summed E-state index contributed by atoms with van der Waals surface area (Å²) < 4.78 is 5.81. The maximum absolute atomic E-state index is 11.6. The number of aromatic nitrogens is 1. The first-order valence-corrected chi connectivity index (χ1v) is 8.24. The Morgan fingerprint density at radius 1 is 1.17 bits per heavy atom. The van der Waals surface area contributed by atoms with Crippen molar-refractivity contribution >= 4 is 39.1 Å².